The largest absolute Gasteiger partial charge is 0.310 e. The van der Waals surface area contributed by atoms with Gasteiger partial charge in [-0.2, -0.15) is 0 Å². The molecule has 0 heterocycles. The number of halogens is 1. The lowest BCUT2D eigenvalue weighted by Crippen LogP contribution is -2.25. The van der Waals surface area contributed by atoms with Crippen LogP contribution in [0.4, 0.5) is 4.39 Å². The zero-order chi connectivity index (χ0) is 14.4. The van der Waals surface area contributed by atoms with Crippen molar-refractivity contribution in [1.82, 2.24) is 5.32 Å². The molecule has 0 aliphatic rings. The van der Waals surface area contributed by atoms with Crippen LogP contribution in [0, 0.1) is 12.7 Å². The maximum Gasteiger partial charge on any atom is 0.128 e. The Bertz CT molecular complexity index is 536. The Labute approximate surface area is 120 Å². The number of rotatable bonds is 6. The van der Waals surface area contributed by atoms with Crippen LogP contribution < -0.4 is 5.32 Å². The van der Waals surface area contributed by atoms with Crippen molar-refractivity contribution in [2.24, 2.45) is 0 Å². The Morgan fingerprint density at radius 3 is 2.50 bits per heavy atom. The van der Waals surface area contributed by atoms with Gasteiger partial charge in [0.2, 0.25) is 0 Å². The fraction of sp³-hybridized carbons (Fsp3) is 0.333. The van der Waals surface area contributed by atoms with E-state index in [1.165, 1.54) is 5.56 Å². The SMILES string of the molecule is CCCNC(Cc1ccccc1)c1ccc(C)cc1F. The third kappa shape index (κ3) is 3.91. The van der Waals surface area contributed by atoms with Crippen LogP contribution in [-0.2, 0) is 6.42 Å². The topological polar surface area (TPSA) is 12.0 Å². The van der Waals surface area contributed by atoms with Crippen LogP contribution in [0.2, 0.25) is 0 Å². The fourth-order valence-electron chi connectivity index (χ4n) is 2.38. The maximum absolute atomic E-state index is 14.2. The van der Waals surface area contributed by atoms with Crippen LogP contribution in [0.25, 0.3) is 0 Å². The molecule has 0 radical (unpaired) electrons. The number of benzene rings is 2. The molecule has 0 fully saturated rings. The minimum atomic E-state index is -0.116. The zero-order valence-corrected chi connectivity index (χ0v) is 12.2. The number of nitrogens with one attached hydrogen (secondary N) is 1. The average molecular weight is 271 g/mol. The summed E-state index contributed by atoms with van der Waals surface area (Å²) in [5.74, 6) is -0.116. The second kappa shape index (κ2) is 7.20. The van der Waals surface area contributed by atoms with Gasteiger partial charge in [0.05, 0.1) is 0 Å². The Kier molecular flexibility index (Phi) is 5.31. The van der Waals surface area contributed by atoms with Gasteiger partial charge in [0.25, 0.3) is 0 Å². The minimum Gasteiger partial charge on any atom is -0.310 e. The summed E-state index contributed by atoms with van der Waals surface area (Å²) in [5.41, 5.74) is 2.94. The first-order valence-electron chi connectivity index (χ1n) is 7.24. The summed E-state index contributed by atoms with van der Waals surface area (Å²) >= 11 is 0. The van der Waals surface area contributed by atoms with Crippen LogP contribution in [0.15, 0.2) is 48.5 Å². The molecule has 0 amide bonds. The molecular weight excluding hydrogens is 249 g/mol. The van der Waals surface area contributed by atoms with Crippen molar-refractivity contribution in [2.45, 2.75) is 32.7 Å². The molecule has 2 heteroatoms. The average Bonchev–Trinajstić information content (AvgIpc) is 2.45. The molecule has 2 rings (SSSR count). The minimum absolute atomic E-state index is 0.0259. The second-order valence-electron chi connectivity index (χ2n) is 5.22. The second-order valence-corrected chi connectivity index (χ2v) is 5.22. The Balaban J connectivity index is 2.22. The molecule has 0 saturated carbocycles. The molecule has 0 spiro atoms. The normalized spacial score (nSPS) is 12.3. The van der Waals surface area contributed by atoms with Crippen LogP contribution in [-0.4, -0.2) is 6.54 Å². The van der Waals surface area contributed by atoms with Gasteiger partial charge in [-0.05, 0) is 43.5 Å². The van der Waals surface area contributed by atoms with Crippen molar-refractivity contribution in [2.75, 3.05) is 6.54 Å². The molecule has 2 aromatic rings. The maximum atomic E-state index is 14.2. The quantitative estimate of drug-likeness (QED) is 0.820. The Morgan fingerprint density at radius 1 is 1.10 bits per heavy atom. The third-order valence-corrected chi connectivity index (χ3v) is 3.45. The lowest BCUT2D eigenvalue weighted by molar-refractivity contribution is 0.497. The van der Waals surface area contributed by atoms with Gasteiger partial charge in [-0.15, -0.1) is 0 Å². The van der Waals surface area contributed by atoms with E-state index in [1.54, 1.807) is 6.07 Å². The molecule has 106 valence electrons. The van der Waals surface area contributed by atoms with Gasteiger partial charge in [-0.3, -0.25) is 0 Å². The molecule has 1 nitrogen and oxygen atoms in total. The molecule has 1 N–H and O–H groups in total. The number of hydrogen-bond donors (Lipinski definition) is 1. The lowest BCUT2D eigenvalue weighted by Gasteiger charge is -2.20. The van der Waals surface area contributed by atoms with E-state index in [1.807, 2.05) is 37.3 Å². The molecule has 0 bridgehead atoms. The summed E-state index contributed by atoms with van der Waals surface area (Å²) < 4.78 is 14.2. The van der Waals surface area contributed by atoms with E-state index in [-0.39, 0.29) is 11.9 Å². The smallest absolute Gasteiger partial charge is 0.128 e. The highest BCUT2D eigenvalue weighted by Gasteiger charge is 2.15. The highest BCUT2D eigenvalue weighted by molar-refractivity contribution is 5.28. The van der Waals surface area contributed by atoms with Crippen molar-refractivity contribution in [1.29, 1.82) is 0 Å². The summed E-state index contributed by atoms with van der Waals surface area (Å²) in [5, 5.41) is 3.45. The molecule has 20 heavy (non-hydrogen) atoms. The van der Waals surface area contributed by atoms with Crippen LogP contribution in [0.5, 0.6) is 0 Å². The van der Waals surface area contributed by atoms with E-state index in [9.17, 15) is 4.39 Å². The fourth-order valence-corrected chi connectivity index (χ4v) is 2.38. The van der Waals surface area contributed by atoms with E-state index >= 15 is 0 Å². The number of hydrogen-bond acceptors (Lipinski definition) is 1. The van der Waals surface area contributed by atoms with E-state index in [0.29, 0.717) is 0 Å². The van der Waals surface area contributed by atoms with Gasteiger partial charge in [0.15, 0.2) is 0 Å². The van der Waals surface area contributed by atoms with Gasteiger partial charge in [0.1, 0.15) is 5.82 Å². The standard InChI is InChI=1S/C18H22FN/c1-3-11-20-18(13-15-7-5-4-6-8-15)16-10-9-14(2)12-17(16)19/h4-10,12,18,20H,3,11,13H2,1-2H3. The molecule has 2 aromatic carbocycles. The monoisotopic (exact) mass is 271 g/mol. The van der Waals surface area contributed by atoms with E-state index in [0.717, 1.165) is 30.5 Å². The summed E-state index contributed by atoms with van der Waals surface area (Å²) in [6.45, 7) is 4.93. The number of aryl methyl sites for hydroxylation is 1. The van der Waals surface area contributed by atoms with E-state index < -0.39 is 0 Å². The first-order chi connectivity index (χ1) is 9.70. The van der Waals surface area contributed by atoms with Crippen molar-refractivity contribution >= 4 is 0 Å². The molecule has 0 aliphatic carbocycles. The van der Waals surface area contributed by atoms with Gasteiger partial charge >= 0.3 is 0 Å². The summed E-state index contributed by atoms with van der Waals surface area (Å²) in [4.78, 5) is 0. The van der Waals surface area contributed by atoms with Gasteiger partial charge < -0.3 is 5.32 Å². The van der Waals surface area contributed by atoms with Crippen LogP contribution in [0.1, 0.15) is 36.1 Å². The first kappa shape index (κ1) is 14.7. The van der Waals surface area contributed by atoms with Crippen molar-refractivity contribution < 1.29 is 4.39 Å². The molecule has 1 atom stereocenters. The predicted octanol–water partition coefficient (Wildman–Crippen LogP) is 4.42. The van der Waals surface area contributed by atoms with E-state index in [2.05, 4.69) is 24.4 Å². The predicted molar refractivity (Wildman–Crippen MR) is 82.3 cm³/mol. The Hall–Kier alpha value is -1.67. The van der Waals surface area contributed by atoms with Gasteiger partial charge in [0, 0.05) is 11.6 Å². The first-order valence-corrected chi connectivity index (χ1v) is 7.24. The van der Waals surface area contributed by atoms with Gasteiger partial charge in [-0.25, -0.2) is 4.39 Å². The molecule has 0 aromatic heterocycles. The van der Waals surface area contributed by atoms with Crippen molar-refractivity contribution in [3.63, 3.8) is 0 Å². The summed E-state index contributed by atoms with van der Waals surface area (Å²) in [6, 6.07) is 15.8. The summed E-state index contributed by atoms with van der Waals surface area (Å²) in [6.07, 6.45) is 1.85. The highest BCUT2D eigenvalue weighted by Crippen LogP contribution is 2.22. The van der Waals surface area contributed by atoms with Gasteiger partial charge in [-0.1, -0.05) is 49.4 Å². The molecule has 0 saturated heterocycles. The van der Waals surface area contributed by atoms with E-state index in [4.69, 9.17) is 0 Å². The van der Waals surface area contributed by atoms with Crippen molar-refractivity contribution in [3.05, 3.63) is 71.0 Å². The zero-order valence-electron chi connectivity index (χ0n) is 12.2. The highest BCUT2D eigenvalue weighted by atomic mass is 19.1. The lowest BCUT2D eigenvalue weighted by atomic mass is 9.97. The molecular formula is C18H22FN. The Morgan fingerprint density at radius 2 is 1.85 bits per heavy atom. The van der Waals surface area contributed by atoms with Crippen molar-refractivity contribution in [3.8, 4) is 0 Å². The van der Waals surface area contributed by atoms with Crippen LogP contribution >= 0.6 is 0 Å². The summed E-state index contributed by atoms with van der Waals surface area (Å²) in [7, 11) is 0. The third-order valence-electron chi connectivity index (χ3n) is 3.45. The molecule has 0 aliphatic heterocycles. The molecule has 1 unspecified atom stereocenters. The van der Waals surface area contributed by atoms with Crippen LogP contribution in [0.3, 0.4) is 0 Å².